The number of aromatic nitrogens is 1. The van der Waals surface area contributed by atoms with E-state index in [1.165, 1.54) is 10.9 Å². The number of benzene rings is 2. The first-order chi connectivity index (χ1) is 12.8. The van der Waals surface area contributed by atoms with E-state index in [0.29, 0.717) is 19.8 Å². The van der Waals surface area contributed by atoms with Gasteiger partial charge >= 0.3 is 0 Å². The molecule has 0 saturated carbocycles. The number of H-pyrrole nitrogens is 1. The molecular weight excluding hydrogens is 328 g/mol. The molecular formula is C21H20N2O3. The highest BCUT2D eigenvalue weighted by molar-refractivity contribution is 5.91. The van der Waals surface area contributed by atoms with Crippen molar-refractivity contribution in [3.63, 3.8) is 0 Å². The molecule has 2 heterocycles. The quantitative estimate of drug-likeness (QED) is 0.696. The lowest BCUT2D eigenvalue weighted by Gasteiger charge is -2.18. The fraction of sp³-hybridized carbons (Fsp3) is 0.190. The van der Waals surface area contributed by atoms with Gasteiger partial charge in [-0.1, -0.05) is 24.3 Å². The summed E-state index contributed by atoms with van der Waals surface area (Å²) >= 11 is 0. The summed E-state index contributed by atoms with van der Waals surface area (Å²) in [4.78, 5) is 15.3. The van der Waals surface area contributed by atoms with Gasteiger partial charge in [-0.3, -0.25) is 4.79 Å². The van der Waals surface area contributed by atoms with Crippen molar-refractivity contribution in [1.82, 2.24) is 10.3 Å². The highest BCUT2D eigenvalue weighted by Crippen LogP contribution is 2.31. The van der Waals surface area contributed by atoms with Crippen LogP contribution in [-0.4, -0.2) is 30.6 Å². The van der Waals surface area contributed by atoms with Crippen molar-refractivity contribution in [2.75, 3.05) is 19.8 Å². The van der Waals surface area contributed by atoms with Crippen LogP contribution in [0.2, 0.25) is 0 Å². The second-order valence-electron chi connectivity index (χ2n) is 6.14. The Kier molecular flexibility index (Phi) is 4.60. The van der Waals surface area contributed by atoms with Gasteiger partial charge in [-0.25, -0.2) is 0 Å². The third kappa shape index (κ3) is 3.57. The summed E-state index contributed by atoms with van der Waals surface area (Å²) in [5.74, 6) is 1.36. The Morgan fingerprint density at radius 1 is 1.12 bits per heavy atom. The van der Waals surface area contributed by atoms with E-state index in [1.807, 2.05) is 42.6 Å². The van der Waals surface area contributed by atoms with E-state index < -0.39 is 0 Å². The van der Waals surface area contributed by atoms with Crippen LogP contribution < -0.4 is 14.8 Å². The number of hydrogen-bond donors (Lipinski definition) is 2. The summed E-state index contributed by atoms with van der Waals surface area (Å²) in [7, 11) is 0. The van der Waals surface area contributed by atoms with Crippen molar-refractivity contribution in [1.29, 1.82) is 0 Å². The van der Waals surface area contributed by atoms with Gasteiger partial charge in [0.05, 0.1) is 0 Å². The number of nitrogens with one attached hydrogen (secondary N) is 2. The summed E-state index contributed by atoms with van der Waals surface area (Å²) in [5, 5.41) is 4.13. The van der Waals surface area contributed by atoms with Crippen LogP contribution >= 0.6 is 0 Å². The second kappa shape index (κ2) is 7.35. The number of carbonyl (C=O) groups excluding carboxylic acids is 1. The van der Waals surface area contributed by atoms with E-state index >= 15 is 0 Å². The van der Waals surface area contributed by atoms with Crippen molar-refractivity contribution in [3.05, 3.63) is 65.9 Å². The molecule has 0 unspecified atom stereocenters. The number of aromatic amines is 1. The van der Waals surface area contributed by atoms with Crippen molar-refractivity contribution in [2.45, 2.75) is 6.42 Å². The van der Waals surface area contributed by atoms with Crippen molar-refractivity contribution >= 4 is 22.9 Å². The van der Waals surface area contributed by atoms with Gasteiger partial charge in [-0.05, 0) is 41.8 Å². The minimum atomic E-state index is -0.111. The highest BCUT2D eigenvalue weighted by Gasteiger charge is 2.10. The van der Waals surface area contributed by atoms with Crippen LogP contribution in [-0.2, 0) is 11.2 Å². The van der Waals surface area contributed by atoms with Crippen molar-refractivity contribution < 1.29 is 14.3 Å². The molecule has 5 nitrogen and oxygen atoms in total. The Morgan fingerprint density at radius 2 is 1.96 bits per heavy atom. The molecule has 1 aliphatic rings. The molecule has 1 aromatic heterocycles. The molecule has 0 aliphatic carbocycles. The largest absolute Gasteiger partial charge is 0.486 e. The van der Waals surface area contributed by atoms with Crippen molar-refractivity contribution in [2.24, 2.45) is 0 Å². The van der Waals surface area contributed by atoms with E-state index in [4.69, 9.17) is 9.47 Å². The zero-order valence-corrected chi connectivity index (χ0v) is 14.3. The number of rotatable bonds is 5. The first kappa shape index (κ1) is 16.3. The van der Waals surface area contributed by atoms with E-state index in [1.54, 1.807) is 12.2 Å². The highest BCUT2D eigenvalue weighted by atomic mass is 16.6. The Labute approximate surface area is 151 Å². The molecule has 4 rings (SSSR count). The number of amides is 1. The molecule has 0 fully saturated rings. The Hall–Kier alpha value is -3.21. The standard InChI is InChI=1S/C21H20N2O3/c24-21(8-6-15-5-7-19-20(13-15)26-12-11-25-19)22-10-9-16-14-23-18-4-2-1-3-17(16)18/h1-8,13-14,23H,9-12H2,(H,22,24). The first-order valence-corrected chi connectivity index (χ1v) is 8.70. The van der Waals surface area contributed by atoms with Crippen LogP contribution in [0.1, 0.15) is 11.1 Å². The van der Waals surface area contributed by atoms with Crippen LogP contribution in [0.5, 0.6) is 11.5 Å². The van der Waals surface area contributed by atoms with Crippen LogP contribution in [0.3, 0.4) is 0 Å². The first-order valence-electron chi connectivity index (χ1n) is 8.70. The van der Waals surface area contributed by atoms with Gasteiger partial charge < -0.3 is 19.8 Å². The summed E-state index contributed by atoms with van der Waals surface area (Å²) in [5.41, 5.74) is 3.23. The number of para-hydroxylation sites is 1. The summed E-state index contributed by atoms with van der Waals surface area (Å²) in [6, 6.07) is 13.8. The molecule has 0 spiro atoms. The zero-order chi connectivity index (χ0) is 17.8. The average molecular weight is 348 g/mol. The van der Waals surface area contributed by atoms with Crippen LogP contribution in [0.4, 0.5) is 0 Å². The number of hydrogen-bond acceptors (Lipinski definition) is 3. The smallest absolute Gasteiger partial charge is 0.244 e. The summed E-state index contributed by atoms with van der Waals surface area (Å²) < 4.78 is 11.0. The van der Waals surface area contributed by atoms with Crippen LogP contribution in [0.25, 0.3) is 17.0 Å². The number of carbonyl (C=O) groups is 1. The van der Waals surface area contributed by atoms with Gasteiger partial charge in [-0.2, -0.15) is 0 Å². The fourth-order valence-corrected chi connectivity index (χ4v) is 3.05. The topological polar surface area (TPSA) is 63.4 Å². The molecule has 2 aromatic carbocycles. The Morgan fingerprint density at radius 3 is 2.88 bits per heavy atom. The van der Waals surface area contributed by atoms with E-state index in [0.717, 1.165) is 29.0 Å². The lowest BCUT2D eigenvalue weighted by Crippen LogP contribution is -2.23. The van der Waals surface area contributed by atoms with Gasteiger partial charge in [0.2, 0.25) is 5.91 Å². The predicted octanol–water partition coefficient (Wildman–Crippen LogP) is 3.31. The van der Waals surface area contributed by atoms with E-state index in [9.17, 15) is 4.79 Å². The zero-order valence-electron chi connectivity index (χ0n) is 14.3. The number of fused-ring (bicyclic) bond motifs is 2. The summed E-state index contributed by atoms with van der Waals surface area (Å²) in [6.07, 6.45) is 6.11. The maximum atomic E-state index is 12.0. The molecule has 1 aliphatic heterocycles. The third-order valence-corrected chi connectivity index (χ3v) is 4.36. The molecule has 0 atom stereocenters. The molecule has 3 aromatic rings. The van der Waals surface area contributed by atoms with Crippen LogP contribution in [0.15, 0.2) is 54.7 Å². The molecule has 0 saturated heterocycles. The Balaban J connectivity index is 1.32. The van der Waals surface area contributed by atoms with Gasteiger partial charge in [0.25, 0.3) is 0 Å². The normalized spacial score (nSPS) is 13.2. The monoisotopic (exact) mass is 348 g/mol. The lowest BCUT2D eigenvalue weighted by atomic mass is 10.1. The van der Waals surface area contributed by atoms with Gasteiger partial charge in [0.15, 0.2) is 11.5 Å². The molecule has 132 valence electrons. The lowest BCUT2D eigenvalue weighted by molar-refractivity contribution is -0.116. The van der Waals surface area contributed by atoms with Gasteiger partial charge in [0, 0.05) is 29.7 Å². The minimum absolute atomic E-state index is 0.111. The average Bonchev–Trinajstić information content (AvgIpc) is 3.09. The Bertz CT molecular complexity index is 959. The third-order valence-electron chi connectivity index (χ3n) is 4.36. The SMILES string of the molecule is O=C(C=Cc1ccc2c(c1)OCCO2)NCCc1c[nH]c2ccccc12. The summed E-state index contributed by atoms with van der Waals surface area (Å²) in [6.45, 7) is 1.71. The van der Waals surface area contributed by atoms with Gasteiger partial charge in [-0.15, -0.1) is 0 Å². The molecule has 5 heteroatoms. The van der Waals surface area contributed by atoms with Crippen LogP contribution in [0, 0.1) is 0 Å². The van der Waals surface area contributed by atoms with Crippen molar-refractivity contribution in [3.8, 4) is 11.5 Å². The van der Waals surface area contributed by atoms with E-state index in [-0.39, 0.29) is 5.91 Å². The molecule has 26 heavy (non-hydrogen) atoms. The molecule has 1 amide bonds. The minimum Gasteiger partial charge on any atom is -0.486 e. The maximum absolute atomic E-state index is 12.0. The fourth-order valence-electron chi connectivity index (χ4n) is 3.05. The number of ether oxygens (including phenoxy) is 2. The maximum Gasteiger partial charge on any atom is 0.244 e. The van der Waals surface area contributed by atoms with E-state index in [2.05, 4.69) is 16.4 Å². The molecule has 0 bridgehead atoms. The molecule has 0 radical (unpaired) electrons. The molecule has 2 N–H and O–H groups in total. The van der Waals surface area contributed by atoms with Gasteiger partial charge in [0.1, 0.15) is 13.2 Å². The predicted molar refractivity (Wildman–Crippen MR) is 101 cm³/mol. The second-order valence-corrected chi connectivity index (χ2v) is 6.14.